The number of hydrogen-bond acceptors (Lipinski definition) is 0. The van der Waals surface area contributed by atoms with Crippen molar-refractivity contribution in [2.24, 2.45) is 17.8 Å². The van der Waals surface area contributed by atoms with Crippen molar-refractivity contribution in [2.75, 3.05) is 0 Å². The molecule has 0 fully saturated rings. The van der Waals surface area contributed by atoms with Crippen molar-refractivity contribution >= 4 is 10.2 Å². The van der Waals surface area contributed by atoms with Crippen LogP contribution >= 0.6 is 0 Å². The predicted octanol–water partition coefficient (Wildman–Crippen LogP) is 3.74. The normalized spacial score (nSPS) is 11.8. The first kappa shape index (κ1) is 15.0. The van der Waals surface area contributed by atoms with E-state index in [0.717, 1.165) is 17.8 Å². The number of allylic oxidation sites excluding steroid dienone is 2. The summed E-state index contributed by atoms with van der Waals surface area (Å²) in [6.45, 7) is 14.0. The second-order valence-electron chi connectivity index (χ2n) is 6.18. The summed E-state index contributed by atoms with van der Waals surface area (Å²) >= 11 is 0. The van der Waals surface area contributed by atoms with E-state index in [1.807, 2.05) is 0 Å². The van der Waals surface area contributed by atoms with Gasteiger partial charge in [0.15, 0.2) is 0 Å². The van der Waals surface area contributed by atoms with E-state index >= 15 is 0 Å². The zero-order valence-electron chi connectivity index (χ0n) is 11.9. The van der Waals surface area contributed by atoms with Crippen molar-refractivity contribution < 1.29 is 0 Å². The Morgan fingerprint density at radius 2 is 1.07 bits per heavy atom. The van der Waals surface area contributed by atoms with Gasteiger partial charge >= 0.3 is 0 Å². The summed E-state index contributed by atoms with van der Waals surface area (Å²) in [5, 5.41) is 1.78. The molecule has 15 heavy (non-hydrogen) atoms. The summed E-state index contributed by atoms with van der Waals surface area (Å²) in [5.41, 5.74) is 1.78. The Bertz CT molecular complexity index is 187. The minimum atomic E-state index is 0.815. The van der Waals surface area contributed by atoms with Gasteiger partial charge in [-0.05, 0) is 37.0 Å². The highest BCUT2D eigenvalue weighted by Gasteiger charge is 2.08. The summed E-state index contributed by atoms with van der Waals surface area (Å²) < 4.78 is 0. The Kier molecular flexibility index (Phi) is 7.25. The molecule has 0 rings (SSSR count). The molecule has 0 aliphatic carbocycles. The van der Waals surface area contributed by atoms with Gasteiger partial charge < -0.3 is 0 Å². The molecule has 0 atom stereocenters. The maximum absolute atomic E-state index is 2.34. The Morgan fingerprint density at radius 3 is 1.33 bits per heavy atom. The molecule has 0 aromatic heterocycles. The van der Waals surface area contributed by atoms with Gasteiger partial charge in [-0.1, -0.05) is 52.3 Å². The molecule has 0 saturated heterocycles. The van der Waals surface area contributed by atoms with Gasteiger partial charge in [-0.3, -0.25) is 0 Å². The van der Waals surface area contributed by atoms with Crippen LogP contribution in [-0.2, 0) is 0 Å². The van der Waals surface area contributed by atoms with E-state index in [2.05, 4.69) is 41.5 Å². The van der Waals surface area contributed by atoms with Crippen molar-refractivity contribution in [2.45, 2.75) is 60.8 Å². The largest absolute Gasteiger partial charge is 0.0923 e. The third-order valence-electron chi connectivity index (χ3n) is 2.63. The molecule has 0 aromatic rings. The Balaban J connectivity index is 4.56. The molecule has 0 nitrogen and oxygen atoms in total. The first-order valence-corrected chi connectivity index (χ1v) is 7.50. The molecule has 0 radical (unpaired) electrons. The Morgan fingerprint density at radius 1 is 0.733 bits per heavy atom. The fourth-order valence-electron chi connectivity index (χ4n) is 2.17. The van der Waals surface area contributed by atoms with Gasteiger partial charge in [-0.15, -0.1) is 0 Å². The molecule has 0 heterocycles. The van der Waals surface area contributed by atoms with Gasteiger partial charge in [0.05, 0.1) is 0 Å². The average molecular weight is 226 g/mol. The highest BCUT2D eigenvalue weighted by molar-refractivity contribution is 6.22. The van der Waals surface area contributed by atoms with Crippen LogP contribution in [0.1, 0.15) is 60.8 Å². The fraction of sp³-hybridized carbons (Fsp3) is 0.857. The summed E-state index contributed by atoms with van der Waals surface area (Å²) in [5.74, 6) is 2.46. The van der Waals surface area contributed by atoms with Crippen LogP contribution in [0.25, 0.3) is 0 Å². The van der Waals surface area contributed by atoms with E-state index in [0.29, 0.717) is 0 Å². The first-order valence-electron chi connectivity index (χ1n) is 6.50. The van der Waals surface area contributed by atoms with Gasteiger partial charge in [-0.25, -0.2) is 0 Å². The summed E-state index contributed by atoms with van der Waals surface area (Å²) in [6, 6.07) is 0. The summed E-state index contributed by atoms with van der Waals surface area (Å²) in [7, 11) is 1.26. The molecular weight excluding hydrogens is 196 g/mol. The zero-order valence-corrected chi connectivity index (χ0v) is 13.9. The van der Waals surface area contributed by atoms with Gasteiger partial charge in [-0.2, -0.15) is 0 Å². The van der Waals surface area contributed by atoms with Gasteiger partial charge in [0.2, 0.25) is 0 Å². The lowest BCUT2D eigenvalue weighted by Gasteiger charge is -2.18. The first-order chi connectivity index (χ1) is 6.82. The molecule has 0 aromatic carbocycles. The molecule has 90 valence electrons. The van der Waals surface area contributed by atoms with Crippen LogP contribution in [0.5, 0.6) is 0 Å². The van der Waals surface area contributed by atoms with Gasteiger partial charge in [0, 0.05) is 10.2 Å². The van der Waals surface area contributed by atoms with E-state index in [4.69, 9.17) is 0 Å². The monoisotopic (exact) mass is 226 g/mol. The highest BCUT2D eigenvalue weighted by atomic mass is 28.1. The molecule has 0 spiro atoms. The van der Waals surface area contributed by atoms with E-state index in [1.54, 1.807) is 10.8 Å². The summed E-state index contributed by atoms with van der Waals surface area (Å²) in [4.78, 5) is 0. The van der Waals surface area contributed by atoms with E-state index in [9.17, 15) is 0 Å². The van der Waals surface area contributed by atoms with Crippen molar-refractivity contribution in [3.8, 4) is 0 Å². The topological polar surface area (TPSA) is 0 Å². The Labute approximate surface area is 100.0 Å². The molecule has 0 saturated carbocycles. The third-order valence-corrected chi connectivity index (χ3v) is 3.74. The molecule has 0 aliphatic rings. The molecule has 0 aliphatic heterocycles. The van der Waals surface area contributed by atoms with Crippen molar-refractivity contribution in [3.05, 3.63) is 10.8 Å². The molecule has 0 amide bonds. The van der Waals surface area contributed by atoms with Crippen molar-refractivity contribution in [3.63, 3.8) is 0 Å². The van der Waals surface area contributed by atoms with Crippen LogP contribution in [0, 0.1) is 17.8 Å². The minimum Gasteiger partial charge on any atom is -0.0923 e. The summed E-state index contributed by atoms with van der Waals surface area (Å²) in [6.07, 6.45) is 3.98. The van der Waals surface area contributed by atoms with Crippen LogP contribution < -0.4 is 0 Å². The second kappa shape index (κ2) is 7.27. The Hall–Kier alpha value is -0.0431. The molecule has 1 heteroatoms. The van der Waals surface area contributed by atoms with Crippen LogP contribution in [0.3, 0.4) is 0 Å². The second-order valence-corrected chi connectivity index (χ2v) is 7.38. The van der Waals surface area contributed by atoms with Crippen LogP contribution in [0.2, 0.25) is 0 Å². The lowest BCUT2D eigenvalue weighted by molar-refractivity contribution is 0.559. The van der Waals surface area contributed by atoms with Gasteiger partial charge in [0.25, 0.3) is 0 Å². The maximum Gasteiger partial charge on any atom is 0.0332 e. The van der Waals surface area contributed by atoms with Crippen LogP contribution in [0.15, 0.2) is 10.8 Å². The lowest BCUT2D eigenvalue weighted by atomic mass is 9.93. The van der Waals surface area contributed by atoms with Crippen LogP contribution in [-0.4, -0.2) is 10.2 Å². The number of hydrogen-bond donors (Lipinski definition) is 0. The van der Waals surface area contributed by atoms with E-state index in [1.165, 1.54) is 29.5 Å². The maximum atomic E-state index is 2.34. The van der Waals surface area contributed by atoms with Crippen molar-refractivity contribution in [1.82, 2.24) is 0 Å². The quantitative estimate of drug-likeness (QED) is 0.605. The number of rotatable bonds is 6. The standard InChI is InChI=1S/C14H30Si/c1-10(2)7-13(8-11(3)4)14(15)9-12(5)6/h10-12H,7-9H2,1-6,15H3. The average Bonchev–Trinajstić information content (AvgIpc) is 1.99. The minimum absolute atomic E-state index is 0.815. The zero-order chi connectivity index (χ0) is 12.0. The molecular formula is C14H30Si. The highest BCUT2D eigenvalue weighted by Crippen LogP contribution is 2.24. The molecule has 0 unspecified atom stereocenters. The lowest BCUT2D eigenvalue weighted by Crippen LogP contribution is -2.03. The predicted molar refractivity (Wildman–Crippen MR) is 75.3 cm³/mol. The SMILES string of the molecule is CC(C)CC([SiH3])=C(CC(C)C)CC(C)C. The fourth-order valence-corrected chi connectivity index (χ4v) is 3.40. The van der Waals surface area contributed by atoms with E-state index in [-0.39, 0.29) is 0 Å². The molecule has 0 bridgehead atoms. The van der Waals surface area contributed by atoms with Crippen molar-refractivity contribution in [1.29, 1.82) is 0 Å². The molecule has 0 N–H and O–H groups in total. The smallest absolute Gasteiger partial charge is 0.0332 e. The van der Waals surface area contributed by atoms with Crippen LogP contribution in [0.4, 0.5) is 0 Å². The van der Waals surface area contributed by atoms with Gasteiger partial charge in [0.1, 0.15) is 0 Å². The third kappa shape index (κ3) is 7.84. The van der Waals surface area contributed by atoms with E-state index < -0.39 is 0 Å².